The van der Waals surface area contributed by atoms with Crippen molar-refractivity contribution in [2.45, 2.75) is 64.0 Å². The Morgan fingerprint density at radius 3 is 2.86 bits per heavy atom. The van der Waals surface area contributed by atoms with Gasteiger partial charge in [-0.2, -0.15) is 5.10 Å². The highest BCUT2D eigenvalue weighted by Gasteiger charge is 2.42. The van der Waals surface area contributed by atoms with Crippen LogP contribution in [0, 0.1) is 12.8 Å². The molecule has 0 radical (unpaired) electrons. The Morgan fingerprint density at radius 1 is 1.48 bits per heavy atom. The van der Waals surface area contributed by atoms with Gasteiger partial charge in [0, 0.05) is 31.5 Å². The van der Waals surface area contributed by atoms with Crippen LogP contribution in [-0.4, -0.2) is 28.5 Å². The second-order valence-corrected chi connectivity index (χ2v) is 6.87. The summed E-state index contributed by atoms with van der Waals surface area (Å²) in [6, 6.07) is 0.421. The van der Waals surface area contributed by atoms with E-state index in [9.17, 15) is 0 Å². The number of aromatic nitrogens is 2. The Hall–Kier alpha value is -0.870. The van der Waals surface area contributed by atoms with Gasteiger partial charge in [-0.1, -0.05) is 19.8 Å². The average molecular weight is 291 g/mol. The van der Waals surface area contributed by atoms with E-state index in [2.05, 4.69) is 30.5 Å². The molecule has 2 unspecified atom stereocenters. The minimum atomic E-state index is 0.187. The molecule has 2 fully saturated rings. The minimum absolute atomic E-state index is 0.187. The zero-order valence-electron chi connectivity index (χ0n) is 13.7. The summed E-state index contributed by atoms with van der Waals surface area (Å²) in [7, 11) is 2.02. The summed E-state index contributed by atoms with van der Waals surface area (Å²) >= 11 is 0. The molecule has 2 aliphatic rings. The Balaban J connectivity index is 1.81. The van der Waals surface area contributed by atoms with Crippen LogP contribution in [0.4, 0.5) is 0 Å². The number of nitrogens with one attached hydrogen (secondary N) is 1. The SMILES string of the molecule is CCNC(c1cn(C)nc1C)C1CCOC2(CCCC2)C1. The number of hydrogen-bond acceptors (Lipinski definition) is 3. The Labute approximate surface area is 128 Å². The van der Waals surface area contributed by atoms with Gasteiger partial charge in [0.25, 0.3) is 0 Å². The zero-order chi connectivity index (χ0) is 14.9. The second-order valence-electron chi connectivity index (χ2n) is 6.87. The molecule has 4 nitrogen and oxygen atoms in total. The van der Waals surface area contributed by atoms with Crippen molar-refractivity contribution in [2.24, 2.45) is 13.0 Å². The first-order valence-corrected chi connectivity index (χ1v) is 8.51. The van der Waals surface area contributed by atoms with Crippen molar-refractivity contribution >= 4 is 0 Å². The first-order chi connectivity index (χ1) is 10.1. The van der Waals surface area contributed by atoms with Gasteiger partial charge < -0.3 is 10.1 Å². The highest BCUT2D eigenvalue weighted by Crippen LogP contribution is 2.45. The summed E-state index contributed by atoms with van der Waals surface area (Å²) in [5.41, 5.74) is 2.72. The molecule has 1 spiro atoms. The van der Waals surface area contributed by atoms with Crippen molar-refractivity contribution in [1.82, 2.24) is 15.1 Å². The van der Waals surface area contributed by atoms with E-state index in [1.807, 2.05) is 11.7 Å². The van der Waals surface area contributed by atoms with E-state index in [1.54, 1.807) is 0 Å². The number of nitrogens with zero attached hydrogens (tertiary/aromatic N) is 2. The van der Waals surface area contributed by atoms with Gasteiger partial charge in [-0.15, -0.1) is 0 Å². The van der Waals surface area contributed by atoms with E-state index in [0.717, 1.165) is 25.3 Å². The van der Waals surface area contributed by atoms with Crippen LogP contribution in [0.2, 0.25) is 0 Å². The van der Waals surface area contributed by atoms with Crippen molar-refractivity contribution in [2.75, 3.05) is 13.2 Å². The normalized spacial score (nSPS) is 26.3. The quantitative estimate of drug-likeness (QED) is 0.926. The van der Waals surface area contributed by atoms with Crippen LogP contribution in [0.5, 0.6) is 0 Å². The maximum absolute atomic E-state index is 6.21. The molecule has 4 heteroatoms. The zero-order valence-corrected chi connectivity index (χ0v) is 13.7. The van der Waals surface area contributed by atoms with E-state index in [1.165, 1.54) is 37.7 Å². The smallest absolute Gasteiger partial charge is 0.0686 e. The molecular weight excluding hydrogens is 262 g/mol. The van der Waals surface area contributed by atoms with Crippen molar-refractivity contribution in [3.05, 3.63) is 17.5 Å². The highest BCUT2D eigenvalue weighted by atomic mass is 16.5. The third-order valence-electron chi connectivity index (χ3n) is 5.33. The van der Waals surface area contributed by atoms with Gasteiger partial charge in [0.2, 0.25) is 0 Å². The maximum Gasteiger partial charge on any atom is 0.0686 e. The molecule has 0 amide bonds. The summed E-state index contributed by atoms with van der Waals surface area (Å²) in [6.45, 7) is 6.25. The molecule has 1 N–H and O–H groups in total. The molecule has 1 aliphatic carbocycles. The average Bonchev–Trinajstić information content (AvgIpc) is 3.03. The molecule has 1 saturated heterocycles. The number of rotatable bonds is 4. The number of aryl methyl sites for hydroxylation is 2. The van der Waals surface area contributed by atoms with Gasteiger partial charge in [-0.05, 0) is 45.1 Å². The van der Waals surface area contributed by atoms with Gasteiger partial charge in [0.1, 0.15) is 0 Å². The highest BCUT2D eigenvalue weighted by molar-refractivity contribution is 5.21. The van der Waals surface area contributed by atoms with Crippen LogP contribution in [0.25, 0.3) is 0 Å². The number of hydrogen-bond donors (Lipinski definition) is 1. The third-order valence-corrected chi connectivity index (χ3v) is 5.33. The van der Waals surface area contributed by atoms with E-state index >= 15 is 0 Å². The molecular formula is C17H29N3O. The van der Waals surface area contributed by atoms with Crippen molar-refractivity contribution in [3.8, 4) is 0 Å². The predicted octanol–water partition coefficient (Wildman–Crippen LogP) is 3.12. The van der Waals surface area contributed by atoms with Gasteiger partial charge in [0.15, 0.2) is 0 Å². The van der Waals surface area contributed by atoms with Gasteiger partial charge in [-0.3, -0.25) is 4.68 Å². The Morgan fingerprint density at radius 2 is 2.24 bits per heavy atom. The van der Waals surface area contributed by atoms with Gasteiger partial charge in [-0.25, -0.2) is 0 Å². The maximum atomic E-state index is 6.21. The topological polar surface area (TPSA) is 39.1 Å². The van der Waals surface area contributed by atoms with E-state index in [4.69, 9.17) is 4.74 Å². The van der Waals surface area contributed by atoms with Crippen LogP contribution in [0.3, 0.4) is 0 Å². The summed E-state index contributed by atoms with van der Waals surface area (Å²) in [5, 5.41) is 8.26. The largest absolute Gasteiger partial charge is 0.375 e. The van der Waals surface area contributed by atoms with E-state index in [-0.39, 0.29) is 5.60 Å². The van der Waals surface area contributed by atoms with Crippen LogP contribution < -0.4 is 5.32 Å². The molecule has 1 saturated carbocycles. The lowest BCUT2D eigenvalue weighted by molar-refractivity contribution is -0.0981. The molecule has 0 bridgehead atoms. The minimum Gasteiger partial charge on any atom is -0.375 e. The fourth-order valence-electron chi connectivity index (χ4n) is 4.39. The lowest BCUT2D eigenvalue weighted by Gasteiger charge is -2.41. The second kappa shape index (κ2) is 6.09. The molecule has 2 atom stereocenters. The van der Waals surface area contributed by atoms with Crippen molar-refractivity contribution in [3.63, 3.8) is 0 Å². The molecule has 118 valence electrons. The fourth-order valence-corrected chi connectivity index (χ4v) is 4.39. The summed E-state index contributed by atoms with van der Waals surface area (Å²) < 4.78 is 8.15. The molecule has 1 aromatic rings. The van der Waals surface area contributed by atoms with Crippen molar-refractivity contribution in [1.29, 1.82) is 0 Å². The molecule has 3 rings (SSSR count). The Bertz CT molecular complexity index is 476. The lowest BCUT2D eigenvalue weighted by atomic mass is 9.78. The number of ether oxygens (including phenoxy) is 1. The monoisotopic (exact) mass is 291 g/mol. The molecule has 1 aliphatic heterocycles. The predicted molar refractivity (Wildman–Crippen MR) is 84.2 cm³/mol. The van der Waals surface area contributed by atoms with E-state index < -0.39 is 0 Å². The molecule has 1 aromatic heterocycles. The molecule has 21 heavy (non-hydrogen) atoms. The van der Waals surface area contributed by atoms with Crippen LogP contribution in [-0.2, 0) is 11.8 Å². The fraction of sp³-hybridized carbons (Fsp3) is 0.824. The lowest BCUT2D eigenvalue weighted by Crippen LogP contribution is -2.42. The molecule has 2 heterocycles. The molecule has 0 aromatic carbocycles. The van der Waals surface area contributed by atoms with Crippen LogP contribution in [0.15, 0.2) is 6.20 Å². The van der Waals surface area contributed by atoms with Gasteiger partial charge >= 0.3 is 0 Å². The Kier molecular flexibility index (Phi) is 4.36. The van der Waals surface area contributed by atoms with Crippen LogP contribution >= 0.6 is 0 Å². The third kappa shape index (κ3) is 3.02. The standard InChI is InChI=1S/C17H29N3O/c1-4-18-16(15-12-20(3)19-13(15)2)14-7-10-21-17(11-14)8-5-6-9-17/h12,14,16,18H,4-11H2,1-3H3. The van der Waals surface area contributed by atoms with Crippen LogP contribution in [0.1, 0.15) is 62.7 Å². The first kappa shape index (κ1) is 15.0. The summed E-state index contributed by atoms with van der Waals surface area (Å²) in [4.78, 5) is 0. The summed E-state index contributed by atoms with van der Waals surface area (Å²) in [5.74, 6) is 0.666. The first-order valence-electron chi connectivity index (χ1n) is 8.51. The van der Waals surface area contributed by atoms with Gasteiger partial charge in [0.05, 0.1) is 11.3 Å². The summed E-state index contributed by atoms with van der Waals surface area (Å²) in [6.07, 6.45) is 9.75. The van der Waals surface area contributed by atoms with Crippen molar-refractivity contribution < 1.29 is 4.74 Å². The van der Waals surface area contributed by atoms with E-state index in [0.29, 0.717) is 12.0 Å².